The van der Waals surface area contributed by atoms with Crippen LogP contribution in [0.5, 0.6) is 5.75 Å². The normalized spacial score (nSPS) is 18.5. The third kappa shape index (κ3) is 2.78. The number of halogens is 1. The third-order valence-electron chi connectivity index (χ3n) is 3.38. The number of ether oxygens (including phenoxy) is 1. The van der Waals surface area contributed by atoms with Crippen LogP contribution < -0.4 is 9.64 Å². The lowest BCUT2D eigenvalue weighted by Gasteiger charge is -2.16. The maximum atomic E-state index is 12.4. The van der Waals surface area contributed by atoms with Crippen LogP contribution in [0.4, 0.5) is 9.93 Å². The molecule has 0 spiro atoms. The minimum absolute atomic E-state index is 0.212. The van der Waals surface area contributed by atoms with Gasteiger partial charge in [0.1, 0.15) is 5.75 Å². The van der Waals surface area contributed by atoms with Gasteiger partial charge in [0, 0.05) is 11.9 Å². The van der Waals surface area contributed by atoms with Crippen LogP contribution in [0.15, 0.2) is 18.2 Å². The average molecular weight is 386 g/mol. The second-order valence-electron chi connectivity index (χ2n) is 4.83. The minimum Gasteiger partial charge on any atom is -0.494 e. The van der Waals surface area contributed by atoms with Crippen LogP contribution in [-0.2, 0) is 0 Å². The van der Waals surface area contributed by atoms with Gasteiger partial charge in [-0.3, -0.25) is 0 Å². The van der Waals surface area contributed by atoms with Crippen molar-refractivity contribution in [3.63, 3.8) is 0 Å². The second-order valence-corrected chi connectivity index (χ2v) is 6.63. The Morgan fingerprint density at radius 2 is 2.36 bits per heavy atom. The molecular weight excluding hydrogens is 370 g/mol. The maximum absolute atomic E-state index is 12.4. The van der Waals surface area contributed by atoms with E-state index in [0.717, 1.165) is 16.0 Å². The molecule has 0 aliphatic carbocycles. The molecule has 3 rings (SSSR count). The van der Waals surface area contributed by atoms with E-state index in [9.17, 15) is 9.90 Å². The van der Waals surface area contributed by atoms with Gasteiger partial charge < -0.3 is 14.7 Å². The number of aromatic nitrogens is 1. The Kier molecular flexibility index (Phi) is 4.51. The van der Waals surface area contributed by atoms with E-state index in [-0.39, 0.29) is 6.03 Å². The number of carbonyl (C=O) groups is 1. The van der Waals surface area contributed by atoms with Gasteiger partial charge in [0.15, 0.2) is 11.4 Å². The first-order chi connectivity index (χ1) is 10.6. The summed E-state index contributed by atoms with van der Waals surface area (Å²) in [5.74, 6) is 0.777. The zero-order chi connectivity index (χ0) is 15.7. The van der Waals surface area contributed by atoms with E-state index in [2.05, 4.69) is 20.9 Å². The van der Waals surface area contributed by atoms with E-state index in [0.29, 0.717) is 30.2 Å². The Labute approximate surface area is 140 Å². The van der Waals surface area contributed by atoms with Gasteiger partial charge >= 0.3 is 6.03 Å². The van der Waals surface area contributed by atoms with Gasteiger partial charge in [0.05, 0.1) is 23.4 Å². The molecule has 0 saturated carbocycles. The Balaban J connectivity index is 1.91. The summed E-state index contributed by atoms with van der Waals surface area (Å²) in [6.45, 7) is 3.39. The molecule has 1 aromatic heterocycles. The summed E-state index contributed by atoms with van der Waals surface area (Å²) < 4.78 is 6.41. The predicted molar refractivity (Wildman–Crippen MR) is 90.0 cm³/mol. The summed E-state index contributed by atoms with van der Waals surface area (Å²) in [5, 5.41) is 11.4. The number of thiazole rings is 1. The number of rotatable bonds is 5. The van der Waals surface area contributed by atoms with Crippen molar-refractivity contribution in [2.24, 2.45) is 0 Å². The molecule has 1 aliphatic rings. The highest BCUT2D eigenvalue weighted by Crippen LogP contribution is 2.34. The highest BCUT2D eigenvalue weighted by Gasteiger charge is 2.38. The molecule has 1 aromatic carbocycles. The number of aliphatic hydroxyl groups excluding tert-OH is 1. The molecule has 1 aliphatic heterocycles. The van der Waals surface area contributed by atoms with E-state index in [1.807, 2.05) is 25.1 Å². The molecule has 6 nitrogen and oxygen atoms in total. The quantitative estimate of drug-likeness (QED) is 0.803. The van der Waals surface area contributed by atoms with Crippen molar-refractivity contribution in [3.05, 3.63) is 18.2 Å². The Hall–Kier alpha value is -1.38. The summed E-state index contributed by atoms with van der Waals surface area (Å²) in [6, 6.07) is 5.41. The molecule has 1 fully saturated rings. The van der Waals surface area contributed by atoms with Gasteiger partial charge in [-0.25, -0.2) is 14.7 Å². The van der Waals surface area contributed by atoms with Crippen molar-refractivity contribution in [2.75, 3.05) is 29.9 Å². The van der Waals surface area contributed by atoms with Crippen molar-refractivity contribution in [3.8, 4) is 5.75 Å². The lowest BCUT2D eigenvalue weighted by atomic mass is 10.3. The SMILES string of the molecule is CCOc1ccc2nc(N3C(=O)N(CCBr)CC3O)sc2c1. The van der Waals surface area contributed by atoms with Crippen LogP contribution in [0.25, 0.3) is 10.2 Å². The topological polar surface area (TPSA) is 65.9 Å². The number of aliphatic hydroxyl groups is 1. The molecule has 1 unspecified atom stereocenters. The Morgan fingerprint density at radius 1 is 1.55 bits per heavy atom. The fraction of sp³-hybridized carbons (Fsp3) is 0.429. The van der Waals surface area contributed by atoms with Crippen molar-refractivity contribution in [1.82, 2.24) is 9.88 Å². The second kappa shape index (κ2) is 6.39. The molecule has 1 saturated heterocycles. The number of hydrogen-bond acceptors (Lipinski definition) is 5. The first kappa shape index (κ1) is 15.5. The minimum atomic E-state index is -0.863. The van der Waals surface area contributed by atoms with Gasteiger partial charge in [0.2, 0.25) is 0 Å². The highest BCUT2D eigenvalue weighted by molar-refractivity contribution is 9.09. The summed E-state index contributed by atoms with van der Waals surface area (Å²) in [6.07, 6.45) is -0.863. The molecule has 0 bridgehead atoms. The van der Waals surface area contributed by atoms with Crippen LogP contribution in [0.1, 0.15) is 6.92 Å². The summed E-state index contributed by atoms with van der Waals surface area (Å²) in [5.41, 5.74) is 0.794. The van der Waals surface area contributed by atoms with Gasteiger partial charge in [-0.2, -0.15) is 0 Å². The molecule has 2 amide bonds. The highest BCUT2D eigenvalue weighted by atomic mass is 79.9. The van der Waals surface area contributed by atoms with Crippen LogP contribution in [0, 0.1) is 0 Å². The van der Waals surface area contributed by atoms with Crippen LogP contribution in [-0.4, -0.2) is 52.3 Å². The molecule has 0 radical (unpaired) electrons. The number of anilines is 1. The van der Waals surface area contributed by atoms with E-state index in [1.54, 1.807) is 4.90 Å². The summed E-state index contributed by atoms with van der Waals surface area (Å²) in [4.78, 5) is 19.8. The van der Waals surface area contributed by atoms with Crippen molar-refractivity contribution in [1.29, 1.82) is 0 Å². The standard InChI is InChI=1S/C14H16BrN3O3S/c1-2-21-9-3-4-10-11(7-9)22-13(16-10)18-12(19)8-17(6-5-15)14(18)20/h3-4,7,12,19H,2,5-6,8H2,1H3. The molecule has 2 aromatic rings. The van der Waals surface area contributed by atoms with Crippen molar-refractivity contribution < 1.29 is 14.6 Å². The number of β-amino-alcohol motifs (C(OH)–C–C–N with tert-alkyl or cyclic N) is 1. The summed E-state index contributed by atoms with van der Waals surface area (Å²) >= 11 is 4.69. The Bertz CT molecular complexity index is 693. The molecular formula is C14H16BrN3O3S. The lowest BCUT2D eigenvalue weighted by Crippen LogP contribution is -2.35. The van der Waals surface area contributed by atoms with Gasteiger partial charge in [0.25, 0.3) is 0 Å². The number of urea groups is 1. The monoisotopic (exact) mass is 385 g/mol. The van der Waals surface area contributed by atoms with E-state index >= 15 is 0 Å². The maximum Gasteiger partial charge on any atom is 0.328 e. The van der Waals surface area contributed by atoms with E-state index < -0.39 is 6.23 Å². The molecule has 118 valence electrons. The number of hydrogen-bond donors (Lipinski definition) is 1. The van der Waals surface area contributed by atoms with Crippen LogP contribution in [0.3, 0.4) is 0 Å². The first-order valence-electron chi connectivity index (χ1n) is 6.99. The Morgan fingerprint density at radius 3 is 3.09 bits per heavy atom. The number of fused-ring (bicyclic) bond motifs is 1. The number of amides is 2. The molecule has 1 atom stereocenters. The van der Waals surface area contributed by atoms with Crippen LogP contribution >= 0.6 is 27.3 Å². The largest absolute Gasteiger partial charge is 0.494 e. The third-order valence-corrected chi connectivity index (χ3v) is 4.75. The summed E-state index contributed by atoms with van der Waals surface area (Å²) in [7, 11) is 0. The zero-order valence-corrected chi connectivity index (χ0v) is 14.4. The number of carbonyl (C=O) groups excluding carboxylic acids is 1. The molecule has 1 N–H and O–H groups in total. The molecule has 8 heteroatoms. The first-order valence-corrected chi connectivity index (χ1v) is 8.93. The van der Waals surface area contributed by atoms with Crippen molar-refractivity contribution in [2.45, 2.75) is 13.2 Å². The predicted octanol–water partition coefficient (Wildman–Crippen LogP) is 2.65. The zero-order valence-electron chi connectivity index (χ0n) is 12.0. The number of benzene rings is 1. The average Bonchev–Trinajstić information content (AvgIpc) is 3.00. The fourth-order valence-corrected chi connectivity index (χ4v) is 3.85. The van der Waals surface area contributed by atoms with Crippen molar-refractivity contribution >= 4 is 48.6 Å². The molecule has 22 heavy (non-hydrogen) atoms. The lowest BCUT2D eigenvalue weighted by molar-refractivity contribution is 0.179. The molecule has 2 heterocycles. The van der Waals surface area contributed by atoms with Gasteiger partial charge in [-0.05, 0) is 25.1 Å². The van der Waals surface area contributed by atoms with Gasteiger partial charge in [-0.15, -0.1) is 0 Å². The smallest absolute Gasteiger partial charge is 0.328 e. The van der Waals surface area contributed by atoms with E-state index in [4.69, 9.17) is 4.74 Å². The fourth-order valence-electron chi connectivity index (χ4n) is 2.39. The van der Waals surface area contributed by atoms with Crippen LogP contribution in [0.2, 0.25) is 0 Å². The van der Waals surface area contributed by atoms with E-state index in [1.165, 1.54) is 16.2 Å². The number of alkyl halides is 1. The van der Waals surface area contributed by atoms with Gasteiger partial charge in [-0.1, -0.05) is 27.3 Å². The number of nitrogens with zero attached hydrogens (tertiary/aromatic N) is 3.